The van der Waals surface area contributed by atoms with Crippen LogP contribution in [0, 0.1) is 0 Å². The van der Waals surface area contributed by atoms with Gasteiger partial charge in [0.2, 0.25) is 5.88 Å². The van der Waals surface area contributed by atoms with Gasteiger partial charge in [0.05, 0.1) is 5.52 Å². The van der Waals surface area contributed by atoms with Gasteiger partial charge in [-0.05, 0) is 18.2 Å². The van der Waals surface area contributed by atoms with E-state index in [9.17, 15) is 4.79 Å². The zero-order valence-electron chi connectivity index (χ0n) is 7.78. The van der Waals surface area contributed by atoms with Gasteiger partial charge >= 0.3 is 6.16 Å². The largest absolute Gasteiger partial charge is 0.512 e. The number of carbonyl (C=O) groups is 1. The number of benzene rings is 1. The minimum absolute atomic E-state index is 0.136. The molecule has 1 aromatic carbocycles. The van der Waals surface area contributed by atoms with Crippen LogP contribution in [0.4, 0.5) is 4.79 Å². The second-order valence-corrected chi connectivity index (χ2v) is 3.82. The summed E-state index contributed by atoms with van der Waals surface area (Å²) in [6, 6.07) is 6.60. The normalized spacial score (nSPS) is 10.4. The van der Waals surface area contributed by atoms with E-state index in [1.54, 1.807) is 24.3 Å². The van der Waals surface area contributed by atoms with E-state index in [-0.39, 0.29) is 10.9 Å². The molecule has 82 valence electrons. The Hall–Kier alpha value is -1.52. The van der Waals surface area contributed by atoms with E-state index in [0.717, 1.165) is 5.39 Å². The summed E-state index contributed by atoms with van der Waals surface area (Å²) in [4.78, 5) is 14.3. The summed E-state index contributed by atoms with van der Waals surface area (Å²) in [5.74, 6) is -0.149. The molecule has 1 N–H and O–H groups in total. The van der Waals surface area contributed by atoms with Gasteiger partial charge in [0.15, 0.2) is 0 Å². The van der Waals surface area contributed by atoms with Crippen LogP contribution in [0.15, 0.2) is 24.3 Å². The molecule has 2 rings (SSSR count). The van der Waals surface area contributed by atoms with Crippen molar-refractivity contribution in [2.45, 2.75) is 0 Å². The van der Waals surface area contributed by atoms with Crippen molar-refractivity contribution in [3.05, 3.63) is 34.3 Å². The van der Waals surface area contributed by atoms with Gasteiger partial charge in [-0.2, -0.15) is 0 Å². The summed E-state index contributed by atoms with van der Waals surface area (Å²) in [7, 11) is 0. The Morgan fingerprint density at radius 3 is 2.75 bits per heavy atom. The number of nitrogens with zero attached hydrogens (tertiary/aromatic N) is 1. The lowest BCUT2D eigenvalue weighted by molar-refractivity contribution is 0.142. The van der Waals surface area contributed by atoms with E-state index in [2.05, 4.69) is 9.72 Å². The standard InChI is InChI=1S/C10H5Cl2NO3/c11-6-2-1-5-3-7(12)9(16-10(14)15)13-8(5)4-6/h1-4H,(H,14,15). The molecule has 0 spiro atoms. The molecule has 0 aliphatic rings. The number of fused-ring (bicyclic) bond motifs is 1. The molecule has 0 aliphatic carbocycles. The van der Waals surface area contributed by atoms with Crippen molar-refractivity contribution in [2.24, 2.45) is 0 Å². The molecule has 0 fully saturated rings. The van der Waals surface area contributed by atoms with Crippen molar-refractivity contribution in [3.8, 4) is 5.88 Å². The Morgan fingerprint density at radius 2 is 2.06 bits per heavy atom. The number of aromatic nitrogens is 1. The number of halogens is 2. The maximum Gasteiger partial charge on any atom is 0.512 e. The summed E-state index contributed by atoms with van der Waals surface area (Å²) in [5, 5.41) is 9.87. The Kier molecular flexibility index (Phi) is 2.85. The van der Waals surface area contributed by atoms with Crippen molar-refractivity contribution < 1.29 is 14.6 Å². The summed E-state index contributed by atoms with van der Waals surface area (Å²) in [6.07, 6.45) is -1.46. The van der Waals surface area contributed by atoms with E-state index in [1.807, 2.05) is 0 Å². The molecule has 0 radical (unpaired) electrons. The van der Waals surface area contributed by atoms with Crippen molar-refractivity contribution in [1.29, 1.82) is 0 Å². The number of hydrogen-bond donors (Lipinski definition) is 1. The average Bonchev–Trinajstić information content (AvgIpc) is 2.19. The van der Waals surface area contributed by atoms with Gasteiger partial charge in [0, 0.05) is 10.4 Å². The third-order valence-electron chi connectivity index (χ3n) is 1.88. The van der Waals surface area contributed by atoms with Gasteiger partial charge in [-0.3, -0.25) is 0 Å². The van der Waals surface area contributed by atoms with Crippen molar-refractivity contribution in [3.63, 3.8) is 0 Å². The fourth-order valence-electron chi connectivity index (χ4n) is 1.25. The third-order valence-corrected chi connectivity index (χ3v) is 2.39. The molecule has 1 heterocycles. The number of ether oxygens (including phenoxy) is 1. The summed E-state index contributed by atoms with van der Waals surface area (Å²) >= 11 is 11.6. The maximum absolute atomic E-state index is 10.4. The van der Waals surface area contributed by atoms with Crippen LogP contribution in [-0.2, 0) is 0 Å². The molecular weight excluding hydrogens is 253 g/mol. The fourth-order valence-corrected chi connectivity index (χ4v) is 1.62. The zero-order valence-corrected chi connectivity index (χ0v) is 9.29. The number of hydrogen-bond acceptors (Lipinski definition) is 3. The quantitative estimate of drug-likeness (QED) is 0.794. The molecule has 1 aromatic heterocycles. The van der Waals surface area contributed by atoms with Crippen LogP contribution in [0.3, 0.4) is 0 Å². The minimum atomic E-state index is -1.46. The van der Waals surface area contributed by atoms with Crippen LogP contribution in [0.25, 0.3) is 10.9 Å². The molecule has 0 saturated carbocycles. The predicted octanol–water partition coefficient (Wildman–Crippen LogP) is 3.60. The highest BCUT2D eigenvalue weighted by Crippen LogP contribution is 2.28. The van der Waals surface area contributed by atoms with Crippen LogP contribution in [-0.4, -0.2) is 16.2 Å². The van der Waals surface area contributed by atoms with Gasteiger partial charge in [-0.25, -0.2) is 9.78 Å². The van der Waals surface area contributed by atoms with Gasteiger partial charge in [-0.15, -0.1) is 0 Å². The van der Waals surface area contributed by atoms with Crippen LogP contribution in [0.5, 0.6) is 5.88 Å². The Labute approximate surface area is 100 Å². The lowest BCUT2D eigenvalue weighted by Gasteiger charge is -2.04. The predicted molar refractivity (Wildman–Crippen MR) is 60.4 cm³/mol. The molecule has 0 unspecified atom stereocenters. The fraction of sp³-hybridized carbons (Fsp3) is 0. The number of pyridine rings is 1. The summed E-state index contributed by atoms with van der Waals surface area (Å²) in [5.41, 5.74) is 0.521. The Bertz CT molecular complexity index is 571. The van der Waals surface area contributed by atoms with E-state index in [0.29, 0.717) is 10.5 Å². The van der Waals surface area contributed by atoms with E-state index in [4.69, 9.17) is 28.3 Å². The van der Waals surface area contributed by atoms with Gasteiger partial charge in [0.1, 0.15) is 5.02 Å². The van der Waals surface area contributed by atoms with Crippen molar-refractivity contribution in [2.75, 3.05) is 0 Å². The first-order valence-electron chi connectivity index (χ1n) is 4.23. The van der Waals surface area contributed by atoms with Crippen LogP contribution in [0.1, 0.15) is 0 Å². The smallest absolute Gasteiger partial charge is 0.449 e. The third kappa shape index (κ3) is 2.18. The highest BCUT2D eigenvalue weighted by molar-refractivity contribution is 6.33. The molecule has 0 amide bonds. The Balaban J connectivity index is 2.59. The maximum atomic E-state index is 10.4. The van der Waals surface area contributed by atoms with Gasteiger partial charge < -0.3 is 9.84 Å². The number of rotatable bonds is 1. The molecule has 16 heavy (non-hydrogen) atoms. The molecule has 0 bridgehead atoms. The SMILES string of the molecule is O=C(O)Oc1nc2cc(Cl)ccc2cc1Cl. The molecular formula is C10H5Cl2NO3. The van der Waals surface area contributed by atoms with Crippen LogP contribution < -0.4 is 4.74 Å². The van der Waals surface area contributed by atoms with Gasteiger partial charge in [0.25, 0.3) is 0 Å². The molecule has 0 atom stereocenters. The monoisotopic (exact) mass is 257 g/mol. The first kappa shape index (κ1) is 11.0. The topological polar surface area (TPSA) is 59.4 Å². The van der Waals surface area contributed by atoms with E-state index >= 15 is 0 Å². The van der Waals surface area contributed by atoms with E-state index in [1.165, 1.54) is 0 Å². The molecule has 6 heteroatoms. The second kappa shape index (κ2) is 4.15. The lowest BCUT2D eigenvalue weighted by atomic mass is 10.2. The van der Waals surface area contributed by atoms with Gasteiger partial charge in [-0.1, -0.05) is 29.3 Å². The van der Waals surface area contributed by atoms with Crippen molar-refractivity contribution >= 4 is 40.3 Å². The van der Waals surface area contributed by atoms with Crippen LogP contribution in [0.2, 0.25) is 10.0 Å². The first-order chi connectivity index (χ1) is 7.56. The first-order valence-corrected chi connectivity index (χ1v) is 4.98. The van der Waals surface area contributed by atoms with Crippen molar-refractivity contribution in [1.82, 2.24) is 4.98 Å². The highest BCUT2D eigenvalue weighted by atomic mass is 35.5. The molecule has 0 aliphatic heterocycles. The number of carboxylic acid groups (broad SMARTS) is 1. The molecule has 0 saturated heterocycles. The minimum Gasteiger partial charge on any atom is -0.449 e. The highest BCUT2D eigenvalue weighted by Gasteiger charge is 2.10. The average molecular weight is 258 g/mol. The summed E-state index contributed by atoms with van der Waals surface area (Å²) in [6.45, 7) is 0. The molecule has 4 nitrogen and oxygen atoms in total. The molecule has 2 aromatic rings. The Morgan fingerprint density at radius 1 is 1.31 bits per heavy atom. The zero-order chi connectivity index (χ0) is 11.7. The lowest BCUT2D eigenvalue weighted by Crippen LogP contribution is -2.05. The van der Waals surface area contributed by atoms with Crippen LogP contribution >= 0.6 is 23.2 Å². The summed E-state index contributed by atoms with van der Waals surface area (Å²) < 4.78 is 4.42. The van der Waals surface area contributed by atoms with E-state index < -0.39 is 6.16 Å². The second-order valence-electron chi connectivity index (χ2n) is 2.98.